The average molecular weight is 564 g/mol. The van der Waals surface area contributed by atoms with Gasteiger partial charge in [-0.3, -0.25) is 4.99 Å². The van der Waals surface area contributed by atoms with Crippen molar-refractivity contribution < 1.29 is 18.9 Å². The van der Waals surface area contributed by atoms with Crippen molar-refractivity contribution in [3.05, 3.63) is 24.3 Å². The van der Waals surface area contributed by atoms with Crippen LogP contribution in [0.15, 0.2) is 29.3 Å². The van der Waals surface area contributed by atoms with Gasteiger partial charge in [-0.05, 0) is 76.6 Å². The molecule has 1 fully saturated rings. The Balaban J connectivity index is 0.00000512. The van der Waals surface area contributed by atoms with Crippen molar-refractivity contribution in [2.75, 3.05) is 51.9 Å². The lowest BCUT2D eigenvalue weighted by atomic mass is 10.2. The Labute approximate surface area is 211 Å². The monoisotopic (exact) mass is 563 g/mol. The van der Waals surface area contributed by atoms with Gasteiger partial charge in [0.1, 0.15) is 5.75 Å². The molecule has 7 nitrogen and oxygen atoms in total. The van der Waals surface area contributed by atoms with Gasteiger partial charge < -0.3 is 29.6 Å². The first kappa shape index (κ1) is 28.9. The van der Waals surface area contributed by atoms with E-state index in [4.69, 9.17) is 23.9 Å². The van der Waals surface area contributed by atoms with Crippen molar-refractivity contribution in [3.8, 4) is 5.75 Å². The predicted molar refractivity (Wildman–Crippen MR) is 142 cm³/mol. The Hall–Kier alpha value is -1.10. The fourth-order valence-corrected chi connectivity index (χ4v) is 3.27. The number of rotatable bonds is 15. The van der Waals surface area contributed by atoms with Crippen molar-refractivity contribution in [1.82, 2.24) is 5.32 Å². The maximum atomic E-state index is 5.74. The zero-order valence-corrected chi connectivity index (χ0v) is 22.3. The van der Waals surface area contributed by atoms with Crippen LogP contribution in [-0.4, -0.2) is 64.8 Å². The van der Waals surface area contributed by atoms with Gasteiger partial charge in [0.15, 0.2) is 5.96 Å². The number of unbranched alkanes of at least 4 members (excludes halogenated alkanes) is 2. The number of methoxy groups -OCH3 is 1. The fourth-order valence-electron chi connectivity index (χ4n) is 3.27. The van der Waals surface area contributed by atoms with Crippen LogP contribution >= 0.6 is 24.0 Å². The molecule has 0 bridgehead atoms. The number of nitrogens with one attached hydrogen (secondary N) is 2. The van der Waals surface area contributed by atoms with Crippen LogP contribution in [-0.2, 0) is 14.2 Å². The molecule has 1 aliphatic rings. The summed E-state index contributed by atoms with van der Waals surface area (Å²) in [5.41, 5.74) is 0.983. The van der Waals surface area contributed by atoms with E-state index in [9.17, 15) is 0 Å². The standard InChI is InChI=1S/C24H41N3O4.HI/c1-20(2)31-22-12-10-21(11-13-22)27-24(25-14-5-4-6-16-28-3)26-15-8-17-29-19-23-9-7-18-30-23;/h10-13,20,23H,4-9,14-19H2,1-3H3,(H2,25,26,27);1H. The van der Waals surface area contributed by atoms with E-state index in [1.807, 2.05) is 38.1 Å². The van der Waals surface area contributed by atoms with E-state index in [-0.39, 0.29) is 36.2 Å². The van der Waals surface area contributed by atoms with Crippen LogP contribution in [0.2, 0.25) is 0 Å². The van der Waals surface area contributed by atoms with Gasteiger partial charge >= 0.3 is 0 Å². The lowest BCUT2D eigenvalue weighted by Gasteiger charge is -2.14. The summed E-state index contributed by atoms with van der Waals surface area (Å²) >= 11 is 0. The second-order valence-electron chi connectivity index (χ2n) is 8.09. The van der Waals surface area contributed by atoms with Crippen LogP contribution in [0.4, 0.5) is 5.69 Å². The zero-order valence-electron chi connectivity index (χ0n) is 19.9. The van der Waals surface area contributed by atoms with Gasteiger partial charge in [0.25, 0.3) is 0 Å². The molecule has 32 heavy (non-hydrogen) atoms. The fraction of sp³-hybridized carbons (Fsp3) is 0.708. The van der Waals surface area contributed by atoms with E-state index >= 15 is 0 Å². The zero-order chi connectivity index (χ0) is 22.2. The van der Waals surface area contributed by atoms with Crippen LogP contribution < -0.4 is 15.4 Å². The molecule has 0 radical (unpaired) electrons. The third-order valence-corrected chi connectivity index (χ3v) is 4.85. The molecule has 8 heteroatoms. The summed E-state index contributed by atoms with van der Waals surface area (Å²) in [6.07, 6.45) is 6.88. The van der Waals surface area contributed by atoms with Gasteiger partial charge in [-0.2, -0.15) is 0 Å². The van der Waals surface area contributed by atoms with Gasteiger partial charge in [0.05, 0.1) is 18.8 Å². The number of anilines is 1. The number of halogens is 1. The Kier molecular flexibility index (Phi) is 16.6. The molecule has 2 N–H and O–H groups in total. The second-order valence-corrected chi connectivity index (χ2v) is 8.09. The van der Waals surface area contributed by atoms with Crippen LogP contribution in [0, 0.1) is 0 Å². The molecular weight excluding hydrogens is 521 g/mol. The predicted octanol–water partition coefficient (Wildman–Crippen LogP) is 4.85. The minimum Gasteiger partial charge on any atom is -0.491 e. The van der Waals surface area contributed by atoms with Crippen LogP contribution in [0.3, 0.4) is 0 Å². The molecule has 0 amide bonds. The number of guanidine groups is 1. The van der Waals surface area contributed by atoms with Crippen molar-refractivity contribution in [3.63, 3.8) is 0 Å². The third kappa shape index (κ3) is 13.4. The highest BCUT2D eigenvalue weighted by molar-refractivity contribution is 14.0. The Bertz CT molecular complexity index is 608. The van der Waals surface area contributed by atoms with E-state index < -0.39 is 0 Å². The van der Waals surface area contributed by atoms with Gasteiger partial charge in [-0.25, -0.2) is 0 Å². The van der Waals surface area contributed by atoms with Crippen LogP contribution in [0.5, 0.6) is 5.75 Å². The van der Waals surface area contributed by atoms with E-state index in [0.717, 1.165) is 75.7 Å². The third-order valence-electron chi connectivity index (χ3n) is 4.85. The summed E-state index contributed by atoms with van der Waals surface area (Å²) < 4.78 is 22.2. The molecule has 1 heterocycles. The van der Waals surface area contributed by atoms with E-state index in [1.165, 1.54) is 0 Å². The minimum atomic E-state index is 0. The lowest BCUT2D eigenvalue weighted by Crippen LogP contribution is -2.32. The molecule has 1 saturated heterocycles. The molecule has 1 aliphatic heterocycles. The number of benzene rings is 1. The SMILES string of the molecule is COCCCCCNC(=NCCCOCC1CCCO1)Nc1ccc(OC(C)C)cc1.I. The summed E-state index contributed by atoms with van der Waals surface area (Å²) in [5.74, 6) is 1.66. The lowest BCUT2D eigenvalue weighted by molar-refractivity contribution is 0.0171. The molecule has 184 valence electrons. The Morgan fingerprint density at radius 3 is 2.62 bits per heavy atom. The quantitative estimate of drug-likeness (QED) is 0.138. The Morgan fingerprint density at radius 2 is 1.94 bits per heavy atom. The topological polar surface area (TPSA) is 73.3 Å². The smallest absolute Gasteiger partial charge is 0.195 e. The molecule has 0 aromatic heterocycles. The first-order valence-electron chi connectivity index (χ1n) is 11.7. The molecule has 1 atom stereocenters. The Morgan fingerprint density at radius 1 is 1.12 bits per heavy atom. The highest BCUT2D eigenvalue weighted by Crippen LogP contribution is 2.17. The first-order chi connectivity index (χ1) is 15.2. The van der Waals surface area contributed by atoms with Gasteiger partial charge in [-0.15, -0.1) is 24.0 Å². The summed E-state index contributed by atoms with van der Waals surface area (Å²) in [4.78, 5) is 4.72. The largest absolute Gasteiger partial charge is 0.491 e. The number of aliphatic imine (C=N–C) groups is 1. The molecule has 0 aliphatic carbocycles. The summed E-state index contributed by atoms with van der Waals surface area (Å²) in [5, 5.41) is 6.83. The van der Waals surface area contributed by atoms with Crippen LogP contribution in [0.1, 0.15) is 52.4 Å². The second kappa shape index (κ2) is 18.3. The maximum Gasteiger partial charge on any atom is 0.195 e. The molecule has 0 spiro atoms. The normalized spacial score (nSPS) is 16.1. The number of ether oxygens (including phenoxy) is 4. The molecule has 1 aromatic carbocycles. The molecule has 1 unspecified atom stereocenters. The first-order valence-corrected chi connectivity index (χ1v) is 11.7. The highest BCUT2D eigenvalue weighted by Gasteiger charge is 2.14. The van der Waals surface area contributed by atoms with Crippen molar-refractivity contribution in [2.45, 2.75) is 64.6 Å². The van der Waals surface area contributed by atoms with Gasteiger partial charge in [0.2, 0.25) is 0 Å². The number of hydrogen-bond acceptors (Lipinski definition) is 5. The highest BCUT2D eigenvalue weighted by atomic mass is 127. The summed E-state index contributed by atoms with van der Waals surface area (Å²) in [7, 11) is 1.74. The van der Waals surface area contributed by atoms with E-state index in [0.29, 0.717) is 19.8 Å². The molecular formula is C24H42IN3O4. The summed E-state index contributed by atoms with van der Waals surface area (Å²) in [6, 6.07) is 7.98. The number of nitrogens with zero attached hydrogens (tertiary/aromatic N) is 1. The molecule has 2 rings (SSSR count). The van der Waals surface area contributed by atoms with E-state index in [1.54, 1.807) is 7.11 Å². The van der Waals surface area contributed by atoms with Crippen molar-refractivity contribution in [1.29, 1.82) is 0 Å². The van der Waals surface area contributed by atoms with Crippen molar-refractivity contribution >= 4 is 35.6 Å². The number of hydrogen-bond donors (Lipinski definition) is 2. The van der Waals surface area contributed by atoms with E-state index in [2.05, 4.69) is 10.6 Å². The maximum absolute atomic E-state index is 5.74. The summed E-state index contributed by atoms with van der Waals surface area (Å²) in [6.45, 7) is 8.72. The minimum absolute atomic E-state index is 0. The molecule has 0 saturated carbocycles. The molecule has 1 aromatic rings. The average Bonchev–Trinajstić information content (AvgIpc) is 3.27. The van der Waals surface area contributed by atoms with Gasteiger partial charge in [0, 0.05) is 45.7 Å². The van der Waals surface area contributed by atoms with Crippen molar-refractivity contribution in [2.24, 2.45) is 4.99 Å². The van der Waals surface area contributed by atoms with Crippen LogP contribution in [0.25, 0.3) is 0 Å². The van der Waals surface area contributed by atoms with Gasteiger partial charge in [-0.1, -0.05) is 0 Å².